The quantitative estimate of drug-likeness (QED) is 0.432. The molecular weight excluding hydrogens is 148 g/mol. The van der Waals surface area contributed by atoms with Crippen LogP contribution >= 0.6 is 0 Å². The van der Waals surface area contributed by atoms with Gasteiger partial charge in [0.1, 0.15) is 0 Å². The molecule has 0 aromatic carbocycles. The van der Waals surface area contributed by atoms with E-state index in [4.69, 9.17) is 10.2 Å². The minimum Gasteiger partial charge on any atom is -0.466 e. The molecule has 11 heavy (non-hydrogen) atoms. The molecule has 2 N–H and O–H groups in total. The molecule has 0 fully saturated rings. The number of ether oxygens (including phenoxy) is 1. The highest BCUT2D eigenvalue weighted by Gasteiger charge is 1.95. The second-order valence-corrected chi connectivity index (χ2v) is 1.72. The van der Waals surface area contributed by atoms with Gasteiger partial charge in [-0.15, -0.1) is 0 Å². The van der Waals surface area contributed by atoms with Crippen LogP contribution in [0.25, 0.3) is 0 Å². The lowest BCUT2D eigenvalue weighted by Gasteiger charge is -1.91. The fraction of sp³-hybridized carbons (Fsp3) is 0.571. The van der Waals surface area contributed by atoms with Crippen LogP contribution in [0.15, 0.2) is 12.2 Å². The molecule has 0 unspecified atom stereocenters. The Morgan fingerprint density at radius 2 is 1.82 bits per heavy atom. The average molecular weight is 162 g/mol. The number of aliphatic hydroxyl groups excluding tert-OH is 2. The van der Waals surface area contributed by atoms with Crippen molar-refractivity contribution in [3.05, 3.63) is 12.2 Å². The number of methoxy groups -OCH3 is 1. The Labute approximate surface area is 66.1 Å². The summed E-state index contributed by atoms with van der Waals surface area (Å²) in [7, 11) is 1.33. The molecule has 0 bridgehead atoms. The van der Waals surface area contributed by atoms with Crippen molar-refractivity contribution in [2.45, 2.75) is 6.92 Å². The highest BCUT2D eigenvalue weighted by atomic mass is 16.5. The molecule has 0 aromatic heterocycles. The Morgan fingerprint density at radius 3 is 1.82 bits per heavy atom. The van der Waals surface area contributed by atoms with E-state index in [1.54, 1.807) is 6.92 Å². The lowest BCUT2D eigenvalue weighted by molar-refractivity contribution is -0.136. The van der Waals surface area contributed by atoms with Crippen LogP contribution in [0.2, 0.25) is 0 Å². The van der Waals surface area contributed by atoms with Crippen molar-refractivity contribution in [3.8, 4) is 0 Å². The molecule has 0 radical (unpaired) electrons. The molecule has 0 aliphatic rings. The van der Waals surface area contributed by atoms with Crippen LogP contribution in [-0.4, -0.2) is 36.5 Å². The van der Waals surface area contributed by atoms with Crippen LogP contribution in [0.3, 0.4) is 0 Å². The SMILES string of the molecule is C=C(C)C(=O)OC.OCCO. The molecule has 66 valence electrons. The summed E-state index contributed by atoms with van der Waals surface area (Å²) in [5, 5.41) is 15.2. The number of carbonyl (C=O) groups is 1. The van der Waals surface area contributed by atoms with Gasteiger partial charge in [-0.25, -0.2) is 4.79 Å². The predicted octanol–water partition coefficient (Wildman–Crippen LogP) is -0.294. The van der Waals surface area contributed by atoms with Gasteiger partial charge in [-0.3, -0.25) is 0 Å². The van der Waals surface area contributed by atoms with Crippen molar-refractivity contribution in [2.75, 3.05) is 20.3 Å². The summed E-state index contributed by atoms with van der Waals surface area (Å²) in [6.45, 7) is 4.70. The second kappa shape index (κ2) is 9.13. The van der Waals surface area contributed by atoms with E-state index in [0.29, 0.717) is 5.57 Å². The smallest absolute Gasteiger partial charge is 0.332 e. The molecule has 0 atom stereocenters. The molecular formula is C7H14O4. The van der Waals surface area contributed by atoms with Crippen LogP contribution in [0.1, 0.15) is 6.92 Å². The first-order valence-electron chi connectivity index (χ1n) is 3.05. The Kier molecular flexibility index (Phi) is 10.6. The van der Waals surface area contributed by atoms with E-state index in [0.717, 1.165) is 0 Å². The second-order valence-electron chi connectivity index (χ2n) is 1.72. The Balaban J connectivity index is 0. The summed E-state index contributed by atoms with van der Waals surface area (Å²) >= 11 is 0. The van der Waals surface area contributed by atoms with Crippen LogP contribution in [0, 0.1) is 0 Å². The molecule has 0 spiro atoms. The average Bonchev–Trinajstić information content (AvgIpc) is 2.03. The fourth-order valence-electron chi connectivity index (χ4n) is 0.174. The first-order valence-corrected chi connectivity index (χ1v) is 3.05. The van der Waals surface area contributed by atoms with Gasteiger partial charge < -0.3 is 14.9 Å². The van der Waals surface area contributed by atoms with Gasteiger partial charge >= 0.3 is 5.97 Å². The zero-order valence-corrected chi connectivity index (χ0v) is 6.83. The highest BCUT2D eigenvalue weighted by molar-refractivity contribution is 5.86. The number of esters is 1. The van der Waals surface area contributed by atoms with Crippen LogP contribution in [0.4, 0.5) is 0 Å². The van der Waals surface area contributed by atoms with Crippen LogP contribution < -0.4 is 0 Å². The molecule has 0 rings (SSSR count). The van der Waals surface area contributed by atoms with Crippen molar-refractivity contribution in [1.29, 1.82) is 0 Å². The minimum absolute atomic E-state index is 0.125. The van der Waals surface area contributed by atoms with Gasteiger partial charge in [0.15, 0.2) is 0 Å². The first kappa shape index (κ1) is 12.8. The fourth-order valence-corrected chi connectivity index (χ4v) is 0.174. The van der Waals surface area contributed by atoms with E-state index >= 15 is 0 Å². The van der Waals surface area contributed by atoms with Gasteiger partial charge in [-0.2, -0.15) is 0 Å². The zero-order chi connectivity index (χ0) is 9.28. The van der Waals surface area contributed by atoms with Crippen LogP contribution in [0.5, 0.6) is 0 Å². The molecule has 4 heteroatoms. The van der Waals surface area contributed by atoms with E-state index in [2.05, 4.69) is 11.3 Å². The number of rotatable bonds is 2. The normalized spacial score (nSPS) is 7.64. The molecule has 0 saturated heterocycles. The molecule has 0 amide bonds. The molecule has 0 heterocycles. The summed E-state index contributed by atoms with van der Waals surface area (Å²) in [5.74, 6) is -0.347. The van der Waals surface area contributed by atoms with Gasteiger partial charge in [-0.1, -0.05) is 6.58 Å². The summed E-state index contributed by atoms with van der Waals surface area (Å²) < 4.78 is 4.27. The van der Waals surface area contributed by atoms with Crippen LogP contribution in [-0.2, 0) is 9.53 Å². The number of hydrogen-bond acceptors (Lipinski definition) is 4. The number of hydrogen-bond donors (Lipinski definition) is 2. The zero-order valence-electron chi connectivity index (χ0n) is 6.83. The highest BCUT2D eigenvalue weighted by Crippen LogP contribution is 1.87. The lowest BCUT2D eigenvalue weighted by atomic mass is 10.4. The Hall–Kier alpha value is -0.870. The molecule has 0 aliphatic carbocycles. The van der Waals surface area contributed by atoms with Crippen molar-refractivity contribution < 1.29 is 19.7 Å². The summed E-state index contributed by atoms with van der Waals surface area (Å²) in [5.41, 5.74) is 0.433. The van der Waals surface area contributed by atoms with E-state index in [9.17, 15) is 4.79 Å². The van der Waals surface area contributed by atoms with Gasteiger partial charge in [0, 0.05) is 5.57 Å². The molecule has 0 saturated carbocycles. The third-order valence-corrected chi connectivity index (χ3v) is 0.634. The van der Waals surface area contributed by atoms with Crippen molar-refractivity contribution in [3.63, 3.8) is 0 Å². The topological polar surface area (TPSA) is 66.8 Å². The van der Waals surface area contributed by atoms with Gasteiger partial charge in [-0.05, 0) is 6.92 Å². The monoisotopic (exact) mass is 162 g/mol. The molecule has 0 aromatic rings. The standard InChI is InChI=1S/C5H8O2.C2H6O2/c1-4(2)5(6)7-3;3-1-2-4/h1H2,2-3H3;3-4H,1-2H2. The van der Waals surface area contributed by atoms with Crippen molar-refractivity contribution in [2.24, 2.45) is 0 Å². The Morgan fingerprint density at radius 1 is 1.45 bits per heavy atom. The van der Waals surface area contributed by atoms with E-state index in [1.807, 2.05) is 0 Å². The summed E-state index contributed by atoms with van der Waals surface area (Å²) in [6.07, 6.45) is 0. The largest absolute Gasteiger partial charge is 0.466 e. The van der Waals surface area contributed by atoms with E-state index in [1.165, 1.54) is 7.11 Å². The van der Waals surface area contributed by atoms with Crippen molar-refractivity contribution >= 4 is 5.97 Å². The number of carbonyl (C=O) groups excluding carboxylic acids is 1. The van der Waals surface area contributed by atoms with E-state index in [-0.39, 0.29) is 19.2 Å². The van der Waals surface area contributed by atoms with Gasteiger partial charge in [0.25, 0.3) is 0 Å². The first-order chi connectivity index (χ1) is 5.09. The van der Waals surface area contributed by atoms with E-state index < -0.39 is 0 Å². The number of aliphatic hydroxyl groups is 2. The van der Waals surface area contributed by atoms with Gasteiger partial charge in [0.2, 0.25) is 0 Å². The predicted molar refractivity (Wildman–Crippen MR) is 41.0 cm³/mol. The maximum absolute atomic E-state index is 10.2. The van der Waals surface area contributed by atoms with Crippen molar-refractivity contribution in [1.82, 2.24) is 0 Å². The summed E-state index contributed by atoms with van der Waals surface area (Å²) in [4.78, 5) is 10.2. The maximum atomic E-state index is 10.2. The lowest BCUT2D eigenvalue weighted by Crippen LogP contribution is -1.98. The third-order valence-electron chi connectivity index (χ3n) is 0.634. The molecule has 4 nitrogen and oxygen atoms in total. The summed E-state index contributed by atoms with van der Waals surface area (Å²) in [6, 6.07) is 0. The Bertz CT molecular complexity index is 118. The third kappa shape index (κ3) is 12.4. The maximum Gasteiger partial charge on any atom is 0.332 e. The minimum atomic E-state index is -0.347. The van der Waals surface area contributed by atoms with Gasteiger partial charge in [0.05, 0.1) is 20.3 Å². The molecule has 0 aliphatic heterocycles.